The number of guanidine groups is 1. The molecule has 1 fully saturated rings. The molecule has 0 spiro atoms. The van der Waals surface area contributed by atoms with E-state index in [1.54, 1.807) is 7.11 Å². The van der Waals surface area contributed by atoms with Crippen LogP contribution in [0.4, 0.5) is 0 Å². The Hall–Kier alpha value is -1.02. The first-order valence-corrected chi connectivity index (χ1v) is 9.71. The Bertz CT molecular complexity index is 603. The topological polar surface area (TPSA) is 54.9 Å². The molecule has 0 amide bonds. The predicted octanol–water partition coefficient (Wildman–Crippen LogP) is 4.27. The largest absolute Gasteiger partial charge is 0.490 e. The van der Waals surface area contributed by atoms with Crippen LogP contribution in [0.25, 0.3) is 0 Å². The molecule has 1 aliphatic rings. The van der Waals surface area contributed by atoms with Gasteiger partial charge in [0.2, 0.25) is 0 Å². The molecule has 0 aromatic heterocycles. The van der Waals surface area contributed by atoms with Crippen molar-refractivity contribution in [3.8, 4) is 5.75 Å². The number of benzene rings is 1. The smallest absolute Gasteiger partial charge is 0.191 e. The van der Waals surface area contributed by atoms with Gasteiger partial charge in [-0.25, -0.2) is 0 Å². The average Bonchev–Trinajstić information content (AvgIpc) is 3.41. The van der Waals surface area contributed by atoms with Crippen LogP contribution in [0.5, 0.6) is 5.75 Å². The highest BCUT2D eigenvalue weighted by Crippen LogP contribution is 2.48. The molecule has 0 heterocycles. The van der Waals surface area contributed by atoms with E-state index in [4.69, 9.17) is 9.47 Å². The first-order valence-electron chi connectivity index (χ1n) is 9.71. The number of ether oxygens (including phenoxy) is 2. The molecule has 2 N–H and O–H groups in total. The summed E-state index contributed by atoms with van der Waals surface area (Å²) in [5, 5.41) is 6.90. The van der Waals surface area contributed by atoms with E-state index >= 15 is 0 Å². The van der Waals surface area contributed by atoms with E-state index in [0.29, 0.717) is 12.0 Å². The van der Waals surface area contributed by atoms with Gasteiger partial charge in [-0.2, -0.15) is 0 Å². The zero-order chi connectivity index (χ0) is 19.0. The predicted molar refractivity (Wildman–Crippen MR) is 123 cm³/mol. The van der Waals surface area contributed by atoms with Crippen molar-refractivity contribution in [2.75, 3.05) is 27.3 Å². The highest BCUT2D eigenvalue weighted by atomic mass is 127. The second kappa shape index (κ2) is 11.7. The molecule has 1 unspecified atom stereocenters. The summed E-state index contributed by atoms with van der Waals surface area (Å²) in [5.41, 5.74) is 2.75. The van der Waals surface area contributed by atoms with Crippen LogP contribution in [0.1, 0.15) is 50.7 Å². The van der Waals surface area contributed by atoms with Crippen molar-refractivity contribution in [3.05, 3.63) is 29.3 Å². The number of methoxy groups -OCH3 is 1. The van der Waals surface area contributed by atoms with Crippen molar-refractivity contribution in [3.63, 3.8) is 0 Å². The molecule has 5 nitrogen and oxygen atoms in total. The minimum Gasteiger partial charge on any atom is -0.490 e. The van der Waals surface area contributed by atoms with Crippen molar-refractivity contribution < 1.29 is 9.47 Å². The maximum atomic E-state index is 6.10. The van der Waals surface area contributed by atoms with Gasteiger partial charge in [0.1, 0.15) is 5.75 Å². The fraction of sp³-hybridized carbons (Fsp3) is 0.667. The third kappa shape index (κ3) is 7.86. The number of hydrogen-bond donors (Lipinski definition) is 2. The average molecular weight is 489 g/mol. The molecule has 27 heavy (non-hydrogen) atoms. The summed E-state index contributed by atoms with van der Waals surface area (Å²) < 4.78 is 11.3. The Morgan fingerprint density at radius 2 is 2.04 bits per heavy atom. The van der Waals surface area contributed by atoms with Crippen LogP contribution in [-0.4, -0.2) is 39.4 Å². The van der Waals surface area contributed by atoms with E-state index in [1.165, 1.54) is 18.4 Å². The molecule has 1 aromatic rings. The maximum Gasteiger partial charge on any atom is 0.191 e. The molecule has 1 saturated carbocycles. The first-order chi connectivity index (χ1) is 12.5. The van der Waals surface area contributed by atoms with Crippen molar-refractivity contribution in [2.24, 2.45) is 10.4 Å². The maximum absolute atomic E-state index is 6.10. The summed E-state index contributed by atoms with van der Waals surface area (Å²) in [4.78, 5) is 4.36. The second-order valence-electron chi connectivity index (χ2n) is 7.47. The molecular formula is C21H36IN3O2. The summed E-state index contributed by atoms with van der Waals surface area (Å²) >= 11 is 0. The van der Waals surface area contributed by atoms with Crippen molar-refractivity contribution in [2.45, 2.75) is 59.1 Å². The molecular weight excluding hydrogens is 453 g/mol. The van der Waals surface area contributed by atoms with Crippen LogP contribution >= 0.6 is 24.0 Å². The molecule has 0 radical (unpaired) electrons. The molecule has 154 valence electrons. The molecule has 0 saturated heterocycles. The lowest BCUT2D eigenvalue weighted by atomic mass is 10.0. The van der Waals surface area contributed by atoms with Crippen LogP contribution in [0.2, 0.25) is 0 Å². The van der Waals surface area contributed by atoms with E-state index in [2.05, 4.69) is 54.6 Å². The van der Waals surface area contributed by atoms with Crippen molar-refractivity contribution in [1.82, 2.24) is 10.6 Å². The first kappa shape index (κ1) is 24.0. The summed E-state index contributed by atoms with van der Waals surface area (Å²) in [6, 6.07) is 6.37. The SMILES string of the molecule is CCC(C)Oc1cc(C)ccc1CNC(=NC)NCC1(CCOC)CC1.I. The number of hydrogen-bond acceptors (Lipinski definition) is 3. The molecule has 1 aromatic carbocycles. The van der Waals surface area contributed by atoms with Crippen LogP contribution in [-0.2, 0) is 11.3 Å². The summed E-state index contributed by atoms with van der Waals surface area (Å²) in [7, 11) is 3.58. The van der Waals surface area contributed by atoms with Crippen LogP contribution in [0.3, 0.4) is 0 Å². The third-order valence-electron chi connectivity index (χ3n) is 5.22. The monoisotopic (exact) mass is 489 g/mol. The second-order valence-corrected chi connectivity index (χ2v) is 7.47. The van der Waals surface area contributed by atoms with Gasteiger partial charge < -0.3 is 20.1 Å². The zero-order valence-electron chi connectivity index (χ0n) is 17.4. The summed E-state index contributed by atoms with van der Waals surface area (Å²) in [5.74, 6) is 1.80. The van der Waals surface area contributed by atoms with Gasteiger partial charge in [-0.05, 0) is 56.6 Å². The van der Waals surface area contributed by atoms with Crippen LogP contribution in [0, 0.1) is 12.3 Å². The van der Waals surface area contributed by atoms with Gasteiger partial charge in [-0.1, -0.05) is 19.1 Å². The van der Waals surface area contributed by atoms with E-state index < -0.39 is 0 Å². The minimum atomic E-state index is 0. The Morgan fingerprint density at radius 3 is 2.63 bits per heavy atom. The fourth-order valence-electron chi connectivity index (χ4n) is 2.90. The fourth-order valence-corrected chi connectivity index (χ4v) is 2.90. The molecule has 6 heteroatoms. The lowest BCUT2D eigenvalue weighted by molar-refractivity contribution is 0.172. The van der Waals surface area contributed by atoms with Gasteiger partial charge in [0, 0.05) is 39.4 Å². The standard InChI is InChI=1S/C21H35N3O2.HI/c1-6-17(3)26-19-13-16(2)7-8-18(19)14-23-20(22-4)24-15-21(9-10-21)11-12-25-5;/h7-8,13,17H,6,9-12,14-15H2,1-5H3,(H2,22,23,24);1H. The molecule has 1 aliphatic carbocycles. The normalized spacial score (nSPS) is 16.3. The lowest BCUT2D eigenvalue weighted by Crippen LogP contribution is -2.40. The molecule has 0 bridgehead atoms. The lowest BCUT2D eigenvalue weighted by Gasteiger charge is -2.20. The number of aryl methyl sites for hydroxylation is 1. The van der Waals surface area contributed by atoms with Gasteiger partial charge in [0.15, 0.2) is 5.96 Å². The molecule has 0 aliphatic heterocycles. The van der Waals surface area contributed by atoms with Crippen LogP contribution < -0.4 is 15.4 Å². The number of rotatable bonds is 10. The zero-order valence-corrected chi connectivity index (χ0v) is 19.8. The minimum absolute atomic E-state index is 0. The van der Waals surface area contributed by atoms with Crippen molar-refractivity contribution in [1.29, 1.82) is 0 Å². The number of halogens is 1. The quantitative estimate of drug-likeness (QED) is 0.293. The highest BCUT2D eigenvalue weighted by Gasteiger charge is 2.41. The number of nitrogens with zero attached hydrogens (tertiary/aromatic N) is 1. The van der Waals surface area contributed by atoms with E-state index in [0.717, 1.165) is 43.3 Å². The van der Waals surface area contributed by atoms with Gasteiger partial charge in [0.25, 0.3) is 0 Å². The Balaban J connectivity index is 0.00000364. The Labute approximate surface area is 181 Å². The number of aliphatic imine (C=N–C) groups is 1. The van der Waals surface area contributed by atoms with Crippen molar-refractivity contribution >= 4 is 29.9 Å². The summed E-state index contributed by atoms with van der Waals surface area (Å²) in [6.07, 6.45) is 4.85. The third-order valence-corrected chi connectivity index (χ3v) is 5.22. The van der Waals surface area contributed by atoms with E-state index in [-0.39, 0.29) is 30.1 Å². The van der Waals surface area contributed by atoms with Crippen LogP contribution in [0.15, 0.2) is 23.2 Å². The van der Waals surface area contributed by atoms with Gasteiger partial charge in [-0.15, -0.1) is 24.0 Å². The van der Waals surface area contributed by atoms with Gasteiger partial charge >= 0.3 is 0 Å². The van der Waals surface area contributed by atoms with E-state index in [1.807, 2.05) is 7.05 Å². The Kier molecular flexibility index (Phi) is 10.4. The highest BCUT2D eigenvalue weighted by molar-refractivity contribution is 14.0. The van der Waals surface area contributed by atoms with Gasteiger partial charge in [0.05, 0.1) is 6.10 Å². The molecule has 2 rings (SSSR count). The number of nitrogens with one attached hydrogen (secondary N) is 2. The Morgan fingerprint density at radius 1 is 1.30 bits per heavy atom. The molecule has 1 atom stereocenters. The van der Waals surface area contributed by atoms with E-state index in [9.17, 15) is 0 Å². The van der Waals surface area contributed by atoms with Gasteiger partial charge in [-0.3, -0.25) is 4.99 Å². The summed E-state index contributed by atoms with van der Waals surface area (Å²) in [6.45, 7) is 8.80.